The zero-order valence-corrected chi connectivity index (χ0v) is 16.8. The van der Waals surface area contributed by atoms with Gasteiger partial charge in [-0.05, 0) is 57.9 Å². The average molecular weight is 412 g/mol. The van der Waals surface area contributed by atoms with Crippen LogP contribution in [0.2, 0.25) is 0 Å². The number of aryl methyl sites for hydroxylation is 1. The van der Waals surface area contributed by atoms with Crippen molar-refractivity contribution >= 4 is 5.91 Å². The maximum atomic E-state index is 12.9. The lowest BCUT2D eigenvalue weighted by Crippen LogP contribution is -2.63. The molecule has 0 aromatic carbocycles. The van der Waals surface area contributed by atoms with Gasteiger partial charge in [-0.25, -0.2) is 4.98 Å². The molecule has 1 spiro atoms. The molecule has 160 valence electrons. The third kappa shape index (κ3) is 4.09. The van der Waals surface area contributed by atoms with Crippen molar-refractivity contribution in [3.05, 3.63) is 23.4 Å². The van der Waals surface area contributed by atoms with Gasteiger partial charge in [-0.1, -0.05) is 0 Å². The second kappa shape index (κ2) is 6.86. The van der Waals surface area contributed by atoms with Crippen LogP contribution in [0.25, 0.3) is 0 Å². The monoisotopic (exact) mass is 412 g/mol. The number of nitrogens with zero attached hydrogens (tertiary/aromatic N) is 2. The Morgan fingerprint density at radius 1 is 1.28 bits per heavy atom. The van der Waals surface area contributed by atoms with Gasteiger partial charge in [0.25, 0.3) is 0 Å². The second-order valence-electron chi connectivity index (χ2n) is 9.45. The van der Waals surface area contributed by atoms with Crippen molar-refractivity contribution in [3.8, 4) is 5.88 Å². The molecule has 1 aromatic heterocycles. The summed E-state index contributed by atoms with van der Waals surface area (Å²) in [7, 11) is 0. The van der Waals surface area contributed by atoms with Gasteiger partial charge in [-0.15, -0.1) is 0 Å². The Morgan fingerprint density at radius 2 is 1.90 bits per heavy atom. The van der Waals surface area contributed by atoms with E-state index in [0.717, 1.165) is 45.0 Å². The Hall–Kier alpha value is -1.83. The van der Waals surface area contributed by atoms with Gasteiger partial charge in [0.15, 0.2) is 0 Å². The van der Waals surface area contributed by atoms with Crippen LogP contribution < -0.4 is 4.74 Å². The molecule has 1 amide bonds. The molecule has 4 rings (SSSR count). The predicted molar refractivity (Wildman–Crippen MR) is 99.2 cm³/mol. The van der Waals surface area contributed by atoms with E-state index in [-0.39, 0.29) is 34.8 Å². The van der Waals surface area contributed by atoms with Gasteiger partial charge >= 0.3 is 6.18 Å². The number of ether oxygens (including phenoxy) is 1. The summed E-state index contributed by atoms with van der Waals surface area (Å²) >= 11 is 0. The Morgan fingerprint density at radius 3 is 2.41 bits per heavy atom. The highest BCUT2D eigenvalue weighted by atomic mass is 19.4. The number of alkyl halides is 3. The van der Waals surface area contributed by atoms with Crippen LogP contribution in [-0.2, 0) is 11.0 Å². The summed E-state index contributed by atoms with van der Waals surface area (Å²) in [5.41, 5.74) is -1.17. The van der Waals surface area contributed by atoms with Crippen LogP contribution >= 0.6 is 0 Å². The van der Waals surface area contributed by atoms with Crippen molar-refractivity contribution in [3.63, 3.8) is 0 Å². The first kappa shape index (κ1) is 20.4. The fourth-order valence-corrected chi connectivity index (χ4v) is 5.05. The molecule has 3 aliphatic rings. The number of carbonyl (C=O) groups is 1. The Labute approximate surface area is 168 Å². The number of likely N-dealkylation sites (tertiary alicyclic amines) is 1. The van der Waals surface area contributed by atoms with Crippen LogP contribution in [-0.4, -0.2) is 45.7 Å². The Kier molecular flexibility index (Phi) is 4.83. The normalized spacial score (nSPS) is 29.3. The predicted octanol–water partition coefficient (Wildman–Crippen LogP) is 3.72. The molecular weight excluding hydrogens is 385 g/mol. The molecule has 1 N–H and O–H groups in total. The van der Waals surface area contributed by atoms with Crippen LogP contribution in [0.15, 0.2) is 12.3 Å². The molecule has 1 aromatic rings. The van der Waals surface area contributed by atoms with E-state index < -0.39 is 17.3 Å². The standard InChI is InChI=1S/C21H27F3N2O3/c1-13-7-17(25-10-16(13)21(22,23)24)29-15-3-5-20(6-4-15)11-26(12-20)18(27)14-8-19(2,28)9-14/h7,10,14-15,28H,3-6,8-9,11-12H2,1-2H3. The summed E-state index contributed by atoms with van der Waals surface area (Å²) in [4.78, 5) is 18.2. The third-order valence-corrected chi connectivity index (χ3v) is 6.76. The van der Waals surface area contributed by atoms with E-state index in [9.17, 15) is 23.1 Å². The highest BCUT2D eigenvalue weighted by molar-refractivity contribution is 5.81. The van der Waals surface area contributed by atoms with E-state index in [1.54, 1.807) is 6.92 Å². The van der Waals surface area contributed by atoms with E-state index in [0.29, 0.717) is 12.8 Å². The lowest BCUT2D eigenvalue weighted by atomic mass is 9.66. The zero-order valence-electron chi connectivity index (χ0n) is 16.8. The van der Waals surface area contributed by atoms with Crippen LogP contribution in [0.3, 0.4) is 0 Å². The Bertz CT molecular complexity index is 785. The molecule has 2 saturated carbocycles. The van der Waals surface area contributed by atoms with Gasteiger partial charge in [0.05, 0.1) is 11.2 Å². The fraction of sp³-hybridized carbons (Fsp3) is 0.714. The first-order chi connectivity index (χ1) is 13.5. The molecule has 0 atom stereocenters. The first-order valence-electron chi connectivity index (χ1n) is 10.2. The lowest BCUT2D eigenvalue weighted by molar-refractivity contribution is -0.164. The number of hydrogen-bond acceptors (Lipinski definition) is 4. The summed E-state index contributed by atoms with van der Waals surface area (Å²) < 4.78 is 44.4. The second-order valence-corrected chi connectivity index (χ2v) is 9.45. The summed E-state index contributed by atoms with van der Waals surface area (Å²) in [6.07, 6.45) is 0.945. The van der Waals surface area contributed by atoms with Crippen molar-refractivity contribution in [1.29, 1.82) is 0 Å². The van der Waals surface area contributed by atoms with Crippen LogP contribution in [0.1, 0.15) is 56.6 Å². The highest BCUT2D eigenvalue weighted by Crippen LogP contribution is 2.47. The van der Waals surface area contributed by atoms with E-state index in [1.165, 1.54) is 13.0 Å². The third-order valence-electron chi connectivity index (χ3n) is 6.76. The molecule has 0 radical (unpaired) electrons. The maximum absolute atomic E-state index is 12.9. The molecule has 1 saturated heterocycles. The first-order valence-corrected chi connectivity index (χ1v) is 10.2. The molecule has 8 heteroatoms. The molecule has 0 bridgehead atoms. The minimum Gasteiger partial charge on any atom is -0.474 e. The molecule has 1 aliphatic heterocycles. The molecule has 3 fully saturated rings. The minimum absolute atomic E-state index is 0.0454. The van der Waals surface area contributed by atoms with Crippen molar-refractivity contribution in [1.82, 2.24) is 9.88 Å². The number of halogens is 3. The quantitative estimate of drug-likeness (QED) is 0.822. The molecular formula is C21H27F3N2O3. The van der Waals surface area contributed by atoms with Gasteiger partial charge in [0, 0.05) is 36.7 Å². The summed E-state index contributed by atoms with van der Waals surface area (Å²) in [5.74, 6) is 0.347. The average Bonchev–Trinajstić information content (AvgIpc) is 2.57. The van der Waals surface area contributed by atoms with Crippen LogP contribution in [0.5, 0.6) is 5.88 Å². The molecule has 5 nitrogen and oxygen atoms in total. The number of rotatable bonds is 3. The smallest absolute Gasteiger partial charge is 0.418 e. The molecule has 0 unspecified atom stereocenters. The number of carbonyl (C=O) groups excluding carboxylic acids is 1. The number of aromatic nitrogens is 1. The minimum atomic E-state index is -4.41. The van der Waals surface area contributed by atoms with E-state index in [4.69, 9.17) is 4.74 Å². The Balaban J connectivity index is 1.26. The summed E-state index contributed by atoms with van der Waals surface area (Å²) in [6.45, 7) is 4.70. The van der Waals surface area contributed by atoms with E-state index >= 15 is 0 Å². The zero-order chi connectivity index (χ0) is 21.0. The van der Waals surface area contributed by atoms with Gasteiger partial charge in [-0.2, -0.15) is 13.2 Å². The molecule has 29 heavy (non-hydrogen) atoms. The van der Waals surface area contributed by atoms with Gasteiger partial charge in [-0.3, -0.25) is 4.79 Å². The number of aliphatic hydroxyl groups is 1. The number of hydrogen-bond donors (Lipinski definition) is 1. The van der Waals surface area contributed by atoms with Crippen LogP contribution in [0, 0.1) is 18.3 Å². The summed E-state index contributed by atoms with van der Waals surface area (Å²) in [6, 6.07) is 1.35. The van der Waals surface area contributed by atoms with Crippen LogP contribution in [0.4, 0.5) is 13.2 Å². The van der Waals surface area contributed by atoms with Gasteiger partial charge in [0.1, 0.15) is 6.10 Å². The highest BCUT2D eigenvalue weighted by Gasteiger charge is 2.51. The van der Waals surface area contributed by atoms with E-state index in [2.05, 4.69) is 4.98 Å². The van der Waals surface area contributed by atoms with Crippen molar-refractivity contribution in [2.45, 2.75) is 70.3 Å². The van der Waals surface area contributed by atoms with Gasteiger partial charge < -0.3 is 14.7 Å². The van der Waals surface area contributed by atoms with Gasteiger partial charge in [0.2, 0.25) is 11.8 Å². The van der Waals surface area contributed by atoms with Crippen molar-refractivity contribution in [2.75, 3.05) is 13.1 Å². The van der Waals surface area contributed by atoms with Crippen molar-refractivity contribution < 1.29 is 27.8 Å². The van der Waals surface area contributed by atoms with E-state index in [1.807, 2.05) is 4.90 Å². The largest absolute Gasteiger partial charge is 0.474 e. The lowest BCUT2D eigenvalue weighted by Gasteiger charge is -2.55. The number of pyridine rings is 1. The van der Waals surface area contributed by atoms with Crippen molar-refractivity contribution in [2.24, 2.45) is 11.3 Å². The SMILES string of the molecule is Cc1cc(OC2CCC3(CC2)CN(C(=O)C2CC(C)(O)C2)C3)ncc1C(F)(F)F. The number of amides is 1. The topological polar surface area (TPSA) is 62.7 Å². The summed E-state index contributed by atoms with van der Waals surface area (Å²) in [5, 5.41) is 9.82. The molecule has 2 aliphatic carbocycles. The maximum Gasteiger partial charge on any atom is 0.418 e. The molecule has 2 heterocycles. The fourth-order valence-electron chi connectivity index (χ4n) is 5.05.